The van der Waals surface area contributed by atoms with Gasteiger partial charge in [0.2, 0.25) is 0 Å². The third-order valence-corrected chi connectivity index (χ3v) is 4.88. The highest BCUT2D eigenvalue weighted by Crippen LogP contribution is 2.47. The van der Waals surface area contributed by atoms with Gasteiger partial charge in [0, 0.05) is 16.6 Å². The molecule has 132 valence electrons. The summed E-state index contributed by atoms with van der Waals surface area (Å²) in [6.07, 6.45) is -3.37. The van der Waals surface area contributed by atoms with E-state index in [0.29, 0.717) is 0 Å². The molecule has 2 saturated heterocycles. The summed E-state index contributed by atoms with van der Waals surface area (Å²) in [5.74, 6) is 0. The van der Waals surface area contributed by atoms with E-state index in [1.165, 1.54) is 0 Å². The summed E-state index contributed by atoms with van der Waals surface area (Å²) in [6, 6.07) is -1.45. The summed E-state index contributed by atoms with van der Waals surface area (Å²) >= 11 is 0. The van der Waals surface area contributed by atoms with Crippen molar-refractivity contribution in [3.63, 3.8) is 0 Å². The number of phosphoric acid groups is 1. The zero-order chi connectivity index (χ0) is 17.9. The van der Waals surface area contributed by atoms with Crippen molar-refractivity contribution in [1.29, 1.82) is 0 Å². The minimum atomic E-state index is -4.51. The maximum Gasteiger partial charge on any atom is 0.694 e. The van der Waals surface area contributed by atoms with Crippen molar-refractivity contribution in [1.82, 2.24) is 0 Å². The Kier molecular flexibility index (Phi) is 7.40. The Bertz CT molecular complexity index is 496. The van der Waals surface area contributed by atoms with Crippen LogP contribution in [-0.2, 0) is 32.2 Å². The van der Waals surface area contributed by atoms with E-state index in [9.17, 15) is 19.1 Å². The molecule has 0 aliphatic carbocycles. The van der Waals surface area contributed by atoms with Gasteiger partial charge >= 0.3 is 16.1 Å². The molecular formula is C10H17B2O10P2+. The van der Waals surface area contributed by atoms with Gasteiger partial charge in [-0.2, -0.15) is 0 Å². The van der Waals surface area contributed by atoms with Gasteiger partial charge in [0.25, 0.3) is 0 Å². The first-order valence-corrected chi connectivity index (χ1v) is 9.74. The van der Waals surface area contributed by atoms with E-state index in [2.05, 4.69) is 4.52 Å². The number of ether oxygens (including phenoxy) is 2. The molecule has 2 fully saturated rings. The quantitative estimate of drug-likeness (QED) is 0.357. The molecule has 2 rings (SSSR count). The van der Waals surface area contributed by atoms with Crippen LogP contribution in [0.3, 0.4) is 0 Å². The van der Waals surface area contributed by atoms with Gasteiger partial charge in [0.1, 0.15) is 34.5 Å². The first-order chi connectivity index (χ1) is 11.2. The Labute approximate surface area is 142 Å². The number of hydrogen-bond acceptors (Lipinski definition) is 8. The number of rotatable bonds is 8. The van der Waals surface area contributed by atoms with Crippen LogP contribution in [0, 0.1) is 0 Å². The summed E-state index contributed by atoms with van der Waals surface area (Å²) in [7, 11) is 3.70. The molecule has 0 aromatic carbocycles. The summed E-state index contributed by atoms with van der Waals surface area (Å²) in [5.41, 5.74) is 0. The van der Waals surface area contributed by atoms with Crippen LogP contribution >= 0.6 is 16.1 Å². The van der Waals surface area contributed by atoms with Crippen molar-refractivity contribution in [2.24, 2.45) is 0 Å². The van der Waals surface area contributed by atoms with Crippen molar-refractivity contribution >= 4 is 31.8 Å². The second kappa shape index (κ2) is 8.68. The van der Waals surface area contributed by atoms with Crippen LogP contribution in [0.15, 0.2) is 0 Å². The van der Waals surface area contributed by atoms with Crippen molar-refractivity contribution in [3.05, 3.63) is 0 Å². The normalized spacial score (nSPS) is 39.7. The van der Waals surface area contributed by atoms with E-state index in [0.717, 1.165) is 0 Å². The predicted molar refractivity (Wildman–Crippen MR) is 80.5 cm³/mol. The Morgan fingerprint density at radius 1 is 1.17 bits per heavy atom. The average Bonchev–Trinajstić information content (AvgIpc) is 2.95. The van der Waals surface area contributed by atoms with Gasteiger partial charge in [-0.05, 0) is 12.8 Å². The van der Waals surface area contributed by atoms with Gasteiger partial charge < -0.3 is 19.5 Å². The van der Waals surface area contributed by atoms with Gasteiger partial charge in [-0.15, -0.1) is 9.42 Å². The molecule has 0 aromatic heterocycles. The lowest BCUT2D eigenvalue weighted by Crippen LogP contribution is -2.29. The lowest BCUT2D eigenvalue weighted by Gasteiger charge is -2.21. The van der Waals surface area contributed by atoms with Crippen LogP contribution in [0.5, 0.6) is 0 Å². The van der Waals surface area contributed by atoms with Crippen LogP contribution < -0.4 is 0 Å². The monoisotopic (exact) mass is 381 g/mol. The van der Waals surface area contributed by atoms with E-state index in [1.54, 1.807) is 0 Å². The molecule has 10 nitrogen and oxygen atoms in total. The standard InChI is InChI=1S/C10H16B2O10P2/c11-9-1-5(13)7(20-9)4-19-24(16,17)22-6-2-10(12)21-8(6)3-18-23(14)15/h5-10,13H,1-4H2,(H-,14,15,16,17)/p+1/t5?,6?,7-,8-,9-,10-/m1/s1. The fraction of sp³-hybridized carbons (Fsp3) is 1.00. The van der Waals surface area contributed by atoms with Crippen LogP contribution in [0.25, 0.3) is 0 Å². The molecule has 2 heterocycles. The molecule has 0 saturated carbocycles. The van der Waals surface area contributed by atoms with Gasteiger partial charge in [0.15, 0.2) is 0 Å². The van der Waals surface area contributed by atoms with Crippen LogP contribution in [0.4, 0.5) is 0 Å². The fourth-order valence-electron chi connectivity index (χ4n) is 2.42. The van der Waals surface area contributed by atoms with Gasteiger partial charge in [-0.1, -0.05) is 0 Å². The minimum absolute atomic E-state index is 0.0670. The molecule has 0 amide bonds. The highest BCUT2D eigenvalue weighted by molar-refractivity contribution is 7.47. The number of aliphatic hydroxyl groups is 1. The number of hydrogen-bond donors (Lipinski definition) is 3. The number of aliphatic hydroxyl groups excluding tert-OH is 1. The first kappa shape index (κ1) is 20.5. The van der Waals surface area contributed by atoms with E-state index in [-0.39, 0.29) is 19.4 Å². The average molecular weight is 381 g/mol. The zero-order valence-corrected chi connectivity index (χ0v) is 14.3. The van der Waals surface area contributed by atoms with Gasteiger partial charge in [-0.25, -0.2) is 4.57 Å². The van der Waals surface area contributed by atoms with E-state index < -0.39 is 59.1 Å². The molecule has 2 aliphatic heterocycles. The summed E-state index contributed by atoms with van der Waals surface area (Å²) in [4.78, 5) is 18.4. The zero-order valence-electron chi connectivity index (χ0n) is 12.5. The van der Waals surface area contributed by atoms with Gasteiger partial charge in [-0.3, -0.25) is 9.05 Å². The van der Waals surface area contributed by atoms with Crippen molar-refractivity contribution in [3.8, 4) is 0 Å². The largest absolute Gasteiger partial charge is 0.694 e. The molecule has 0 aromatic rings. The Morgan fingerprint density at radius 2 is 1.79 bits per heavy atom. The third-order valence-electron chi connectivity index (χ3n) is 3.50. The lowest BCUT2D eigenvalue weighted by atomic mass is 9.96. The highest BCUT2D eigenvalue weighted by Gasteiger charge is 2.41. The fourth-order valence-corrected chi connectivity index (χ4v) is 3.66. The Balaban J connectivity index is 1.85. The molecule has 0 bridgehead atoms. The third kappa shape index (κ3) is 6.14. The molecule has 24 heavy (non-hydrogen) atoms. The Hall–Kier alpha value is 0.140. The summed E-state index contributed by atoms with van der Waals surface area (Å²) < 4.78 is 47.2. The summed E-state index contributed by atoms with van der Waals surface area (Å²) in [5, 5.41) is 9.64. The van der Waals surface area contributed by atoms with Crippen LogP contribution in [0.2, 0.25) is 0 Å². The smallest absolute Gasteiger partial charge is 0.390 e. The molecule has 0 spiro atoms. The Morgan fingerprint density at radius 3 is 2.38 bits per heavy atom. The minimum Gasteiger partial charge on any atom is -0.390 e. The van der Waals surface area contributed by atoms with E-state index in [1.807, 2.05) is 0 Å². The maximum atomic E-state index is 12.0. The topological polar surface area (TPSA) is 141 Å². The SMILES string of the molecule is [B][C@H]1CC(O)[C@@H](COP(=O)(O)OC2C[C@H]([B])O[C@@H]2CO[P+](=O)O)O1. The van der Waals surface area contributed by atoms with Crippen LogP contribution in [0.1, 0.15) is 12.8 Å². The highest BCUT2D eigenvalue weighted by atomic mass is 31.2. The van der Waals surface area contributed by atoms with Crippen molar-refractivity contribution in [2.45, 2.75) is 49.3 Å². The molecular weight excluding hydrogens is 364 g/mol. The van der Waals surface area contributed by atoms with Crippen LogP contribution in [-0.4, -0.2) is 80.2 Å². The van der Waals surface area contributed by atoms with Gasteiger partial charge in [0.05, 0.1) is 18.8 Å². The van der Waals surface area contributed by atoms with E-state index >= 15 is 0 Å². The molecule has 14 heteroatoms. The first-order valence-electron chi connectivity index (χ1n) is 7.11. The predicted octanol–water partition coefficient (Wildman–Crippen LogP) is -0.917. The second-order valence-corrected chi connectivity index (χ2v) is 7.55. The summed E-state index contributed by atoms with van der Waals surface area (Å²) in [6.45, 7) is -0.741. The maximum absolute atomic E-state index is 12.0. The van der Waals surface area contributed by atoms with E-state index in [4.69, 9.17) is 39.1 Å². The molecule has 8 atom stereocenters. The number of phosphoric ester groups is 1. The molecule has 4 unspecified atom stereocenters. The molecule has 4 radical (unpaired) electrons. The van der Waals surface area contributed by atoms with Crippen molar-refractivity contribution in [2.75, 3.05) is 13.2 Å². The van der Waals surface area contributed by atoms with Crippen molar-refractivity contribution < 1.29 is 47.1 Å². The lowest BCUT2D eigenvalue weighted by molar-refractivity contribution is -0.0228. The molecule has 2 aliphatic rings. The molecule has 3 N–H and O–H groups in total. The second-order valence-electron chi connectivity index (χ2n) is 5.41.